The summed E-state index contributed by atoms with van der Waals surface area (Å²) in [6, 6.07) is 13.4. The zero-order chi connectivity index (χ0) is 30.4. The number of amides is 2. The number of furan rings is 1. The SMILES string of the molecule is COc1ccc(CCN(C(=O)Cn2nnc(-c3ccc(C)o3)n2)[C@@H](C(=O)NC(C)(C)C)c2ccc(F)cc2)cc1OC. The molecule has 1 atom stereocenters. The van der Waals surface area contributed by atoms with Crippen LogP contribution in [0.5, 0.6) is 11.5 Å². The maximum Gasteiger partial charge on any atom is 0.247 e. The molecule has 0 saturated heterocycles. The van der Waals surface area contributed by atoms with Crippen molar-refractivity contribution < 1.29 is 27.9 Å². The van der Waals surface area contributed by atoms with Gasteiger partial charge < -0.3 is 24.1 Å². The zero-order valence-electron chi connectivity index (χ0n) is 24.6. The molecular weight excluding hydrogens is 543 g/mol. The summed E-state index contributed by atoms with van der Waals surface area (Å²) in [5.41, 5.74) is 0.725. The average molecular weight is 579 g/mol. The second-order valence-electron chi connectivity index (χ2n) is 10.8. The Morgan fingerprint density at radius 1 is 1.05 bits per heavy atom. The van der Waals surface area contributed by atoms with Crippen LogP contribution in [0.3, 0.4) is 0 Å². The summed E-state index contributed by atoms with van der Waals surface area (Å²) >= 11 is 0. The molecule has 2 amide bonds. The molecule has 0 unspecified atom stereocenters. The fraction of sp³-hybridized carbons (Fsp3) is 0.367. The van der Waals surface area contributed by atoms with E-state index < -0.39 is 29.2 Å². The second kappa shape index (κ2) is 12.8. The molecule has 0 fully saturated rings. The summed E-state index contributed by atoms with van der Waals surface area (Å²) < 4.78 is 30.2. The number of tetrazole rings is 1. The van der Waals surface area contributed by atoms with E-state index in [4.69, 9.17) is 13.9 Å². The predicted octanol–water partition coefficient (Wildman–Crippen LogP) is 4.13. The number of carbonyl (C=O) groups is 2. The van der Waals surface area contributed by atoms with E-state index in [0.717, 1.165) is 10.4 Å². The molecule has 0 radical (unpaired) electrons. The zero-order valence-corrected chi connectivity index (χ0v) is 24.6. The number of rotatable bonds is 11. The smallest absolute Gasteiger partial charge is 0.247 e. The number of hydrogen-bond acceptors (Lipinski definition) is 8. The molecule has 222 valence electrons. The summed E-state index contributed by atoms with van der Waals surface area (Å²) in [5, 5.41) is 15.3. The second-order valence-corrected chi connectivity index (χ2v) is 10.8. The maximum atomic E-state index is 13.9. The van der Waals surface area contributed by atoms with Crippen LogP contribution in [0.25, 0.3) is 11.6 Å². The molecule has 2 heterocycles. The van der Waals surface area contributed by atoms with Crippen molar-refractivity contribution in [1.29, 1.82) is 0 Å². The van der Waals surface area contributed by atoms with Gasteiger partial charge in [-0.05, 0) is 86.9 Å². The molecule has 4 rings (SSSR count). The molecule has 0 aliphatic rings. The number of aromatic nitrogens is 4. The van der Waals surface area contributed by atoms with E-state index >= 15 is 0 Å². The van der Waals surface area contributed by atoms with Crippen LogP contribution in [0.4, 0.5) is 4.39 Å². The van der Waals surface area contributed by atoms with Gasteiger partial charge in [0.25, 0.3) is 0 Å². The first kappa shape index (κ1) is 30.2. The number of carbonyl (C=O) groups excluding carboxylic acids is 2. The lowest BCUT2D eigenvalue weighted by molar-refractivity contribution is -0.142. The lowest BCUT2D eigenvalue weighted by atomic mass is 10.0. The molecule has 2 aromatic heterocycles. The van der Waals surface area contributed by atoms with Crippen molar-refractivity contribution in [1.82, 2.24) is 30.4 Å². The Labute approximate surface area is 243 Å². The number of ether oxygens (including phenoxy) is 2. The Morgan fingerprint density at radius 2 is 1.76 bits per heavy atom. The van der Waals surface area contributed by atoms with E-state index in [1.807, 2.05) is 32.9 Å². The summed E-state index contributed by atoms with van der Waals surface area (Å²) in [4.78, 5) is 30.3. The third-order valence-electron chi connectivity index (χ3n) is 6.34. The molecule has 11 nitrogen and oxygen atoms in total. The molecule has 1 N–H and O–H groups in total. The molecule has 0 spiro atoms. The van der Waals surface area contributed by atoms with Gasteiger partial charge in [0.2, 0.25) is 17.6 Å². The minimum atomic E-state index is -1.06. The van der Waals surface area contributed by atoms with Crippen molar-refractivity contribution in [3.63, 3.8) is 0 Å². The topological polar surface area (TPSA) is 125 Å². The lowest BCUT2D eigenvalue weighted by Crippen LogP contribution is -2.50. The van der Waals surface area contributed by atoms with E-state index in [2.05, 4.69) is 20.7 Å². The predicted molar refractivity (Wildman–Crippen MR) is 152 cm³/mol. The standard InChI is InChI=1S/C30H35FN6O5/c1-19-7-13-24(42-19)28-33-35-37(34-28)18-26(38)36(16-15-20-8-14-23(40-5)25(17-20)41-6)27(29(39)32-30(2,3)4)21-9-11-22(31)12-10-21/h7-14,17,27H,15-16,18H2,1-6H3,(H,32,39)/t27-/m1/s1. The van der Waals surface area contributed by atoms with Crippen molar-refractivity contribution in [2.45, 2.75) is 52.2 Å². The third kappa shape index (κ3) is 7.50. The molecule has 12 heteroatoms. The molecular formula is C30H35FN6O5. The van der Waals surface area contributed by atoms with Crippen molar-refractivity contribution in [3.8, 4) is 23.1 Å². The normalized spacial score (nSPS) is 12.1. The maximum absolute atomic E-state index is 13.9. The van der Waals surface area contributed by atoms with Crippen molar-refractivity contribution >= 4 is 11.8 Å². The van der Waals surface area contributed by atoms with Gasteiger partial charge in [-0.3, -0.25) is 9.59 Å². The quantitative estimate of drug-likeness (QED) is 0.282. The number of benzene rings is 2. The molecule has 2 aromatic carbocycles. The van der Waals surface area contributed by atoms with Crippen molar-refractivity contribution in [2.24, 2.45) is 0 Å². The van der Waals surface area contributed by atoms with Crippen LogP contribution >= 0.6 is 0 Å². The average Bonchev–Trinajstić information content (AvgIpc) is 3.59. The molecule has 4 aromatic rings. The molecule has 0 aliphatic heterocycles. The molecule has 0 saturated carbocycles. The Bertz CT molecular complexity index is 1530. The van der Waals surface area contributed by atoms with Crippen LogP contribution in [-0.2, 0) is 22.6 Å². The van der Waals surface area contributed by atoms with Gasteiger partial charge >= 0.3 is 0 Å². The highest BCUT2D eigenvalue weighted by molar-refractivity contribution is 5.89. The van der Waals surface area contributed by atoms with Crippen LogP contribution in [0.2, 0.25) is 0 Å². The van der Waals surface area contributed by atoms with E-state index in [1.54, 1.807) is 39.3 Å². The van der Waals surface area contributed by atoms with E-state index in [0.29, 0.717) is 35.0 Å². The number of aryl methyl sites for hydroxylation is 1. The van der Waals surface area contributed by atoms with Crippen LogP contribution in [0.1, 0.15) is 43.7 Å². The van der Waals surface area contributed by atoms with E-state index in [-0.39, 0.29) is 18.9 Å². The van der Waals surface area contributed by atoms with Crippen molar-refractivity contribution in [3.05, 3.63) is 77.3 Å². The Hall–Kier alpha value is -4.74. The lowest BCUT2D eigenvalue weighted by Gasteiger charge is -2.33. The molecule has 0 bridgehead atoms. The van der Waals surface area contributed by atoms with Crippen LogP contribution in [0, 0.1) is 12.7 Å². The first-order chi connectivity index (χ1) is 20.0. The van der Waals surface area contributed by atoms with Gasteiger partial charge in [-0.1, -0.05) is 18.2 Å². The van der Waals surface area contributed by atoms with E-state index in [9.17, 15) is 14.0 Å². The van der Waals surface area contributed by atoms with Crippen LogP contribution in [0.15, 0.2) is 59.0 Å². The van der Waals surface area contributed by atoms with Gasteiger partial charge in [-0.2, -0.15) is 4.80 Å². The van der Waals surface area contributed by atoms with Gasteiger partial charge in [-0.25, -0.2) is 4.39 Å². The summed E-state index contributed by atoms with van der Waals surface area (Å²) in [6.45, 7) is 7.19. The monoisotopic (exact) mass is 578 g/mol. The summed E-state index contributed by atoms with van der Waals surface area (Å²) in [7, 11) is 3.10. The highest BCUT2D eigenvalue weighted by atomic mass is 19.1. The van der Waals surface area contributed by atoms with Gasteiger partial charge in [-0.15, -0.1) is 10.2 Å². The number of nitrogens with zero attached hydrogens (tertiary/aromatic N) is 5. The molecule has 42 heavy (non-hydrogen) atoms. The number of nitrogens with one attached hydrogen (secondary N) is 1. The fourth-order valence-electron chi connectivity index (χ4n) is 4.41. The number of halogens is 1. The highest BCUT2D eigenvalue weighted by Crippen LogP contribution is 2.29. The minimum absolute atomic E-state index is 0.146. The highest BCUT2D eigenvalue weighted by Gasteiger charge is 2.33. The van der Waals surface area contributed by atoms with Crippen LogP contribution in [-0.4, -0.2) is 63.2 Å². The molecule has 0 aliphatic carbocycles. The Balaban J connectivity index is 1.68. The van der Waals surface area contributed by atoms with E-state index in [1.165, 1.54) is 29.2 Å². The first-order valence-corrected chi connectivity index (χ1v) is 13.4. The van der Waals surface area contributed by atoms with Gasteiger partial charge in [0, 0.05) is 12.1 Å². The minimum Gasteiger partial charge on any atom is -0.493 e. The van der Waals surface area contributed by atoms with Gasteiger partial charge in [0.15, 0.2) is 17.3 Å². The van der Waals surface area contributed by atoms with Crippen LogP contribution < -0.4 is 14.8 Å². The van der Waals surface area contributed by atoms with Gasteiger partial charge in [0.05, 0.1) is 14.2 Å². The Kier molecular flexibility index (Phi) is 9.24. The largest absolute Gasteiger partial charge is 0.493 e. The van der Waals surface area contributed by atoms with Gasteiger partial charge in [0.1, 0.15) is 24.2 Å². The third-order valence-corrected chi connectivity index (χ3v) is 6.34. The summed E-state index contributed by atoms with van der Waals surface area (Å²) in [5.74, 6) is 1.15. The van der Waals surface area contributed by atoms with Crippen molar-refractivity contribution in [2.75, 3.05) is 20.8 Å². The number of hydrogen-bond donors (Lipinski definition) is 1. The Morgan fingerprint density at radius 3 is 2.38 bits per heavy atom. The number of methoxy groups -OCH3 is 2. The summed E-state index contributed by atoms with van der Waals surface area (Å²) in [6.07, 6.45) is 0.383. The first-order valence-electron chi connectivity index (χ1n) is 13.4. The fourth-order valence-corrected chi connectivity index (χ4v) is 4.41.